The van der Waals surface area contributed by atoms with E-state index in [1.165, 1.54) is 25.6 Å². The maximum absolute atomic E-state index is 14.1. The van der Waals surface area contributed by atoms with Crippen LogP contribution < -0.4 is 10.2 Å². The molecule has 3 aromatic rings. The first kappa shape index (κ1) is 10.6. The number of hydrogen-bond donors (Lipinski definition) is 1. The second-order valence-corrected chi connectivity index (χ2v) is 3.71. The third-order valence-electron chi connectivity index (χ3n) is 2.72. The average Bonchev–Trinajstić information content (AvgIpc) is 2.39. The van der Waals surface area contributed by atoms with Crippen molar-refractivity contribution >= 4 is 22.1 Å². The highest BCUT2D eigenvalue weighted by atomic mass is 19.1. The molecule has 0 saturated carbocycles. The summed E-state index contributed by atoms with van der Waals surface area (Å²) in [6.07, 6.45) is 2.85. The molecule has 0 radical (unpaired) electrons. The molecule has 0 aliphatic carbocycles. The molecular formula is C12H8FN3O2. The molecule has 0 aliphatic heterocycles. The Morgan fingerprint density at radius 2 is 2.06 bits per heavy atom. The standard InChI is InChI=1S/C12H8FN3O2/c1-18-7-3-2-6-8(9(7)13)11(17)10-12(16-6)15-5-4-14-10/h2-5H,1H3,(H,15,16,17). The number of aromatic nitrogens is 3. The van der Waals surface area contributed by atoms with Gasteiger partial charge in [-0.2, -0.15) is 0 Å². The lowest BCUT2D eigenvalue weighted by atomic mass is 10.2. The summed E-state index contributed by atoms with van der Waals surface area (Å²) in [5, 5.41) is -0.0673. The Bertz CT molecular complexity index is 813. The van der Waals surface area contributed by atoms with Gasteiger partial charge in [0.25, 0.3) is 0 Å². The zero-order valence-corrected chi connectivity index (χ0v) is 9.40. The van der Waals surface area contributed by atoms with Crippen molar-refractivity contribution < 1.29 is 9.13 Å². The summed E-state index contributed by atoms with van der Waals surface area (Å²) in [5.41, 5.74) is 0.311. The van der Waals surface area contributed by atoms with Gasteiger partial charge in [0.15, 0.2) is 22.7 Å². The highest BCUT2D eigenvalue weighted by Gasteiger charge is 2.14. The Hall–Kier alpha value is -2.50. The van der Waals surface area contributed by atoms with Crippen LogP contribution in [-0.4, -0.2) is 22.1 Å². The second-order valence-electron chi connectivity index (χ2n) is 3.71. The molecule has 0 atom stereocenters. The smallest absolute Gasteiger partial charge is 0.220 e. The molecule has 0 saturated heterocycles. The first-order chi connectivity index (χ1) is 8.72. The lowest BCUT2D eigenvalue weighted by Crippen LogP contribution is -2.09. The van der Waals surface area contributed by atoms with Gasteiger partial charge in [-0.05, 0) is 12.1 Å². The summed E-state index contributed by atoms with van der Waals surface area (Å²) < 4.78 is 18.9. The number of ether oxygens (including phenoxy) is 1. The van der Waals surface area contributed by atoms with Crippen molar-refractivity contribution in [2.75, 3.05) is 7.11 Å². The van der Waals surface area contributed by atoms with Gasteiger partial charge in [-0.3, -0.25) is 4.79 Å². The van der Waals surface area contributed by atoms with Crippen molar-refractivity contribution in [3.63, 3.8) is 0 Å². The highest BCUT2D eigenvalue weighted by molar-refractivity contribution is 5.90. The predicted octanol–water partition coefficient (Wildman–Crippen LogP) is 1.62. The molecule has 1 aromatic carbocycles. The van der Waals surface area contributed by atoms with Crippen molar-refractivity contribution in [2.45, 2.75) is 0 Å². The van der Waals surface area contributed by atoms with E-state index < -0.39 is 11.2 Å². The molecule has 0 spiro atoms. The predicted molar refractivity (Wildman–Crippen MR) is 64.2 cm³/mol. The molecule has 0 amide bonds. The SMILES string of the molecule is COc1ccc2[nH]c3nccnc3c(=O)c2c1F. The molecule has 0 bridgehead atoms. The van der Waals surface area contributed by atoms with Crippen LogP contribution in [0.2, 0.25) is 0 Å². The molecule has 5 nitrogen and oxygen atoms in total. The Morgan fingerprint density at radius 1 is 1.28 bits per heavy atom. The fraction of sp³-hybridized carbons (Fsp3) is 0.0833. The molecule has 90 valence electrons. The van der Waals surface area contributed by atoms with Gasteiger partial charge in [-0.25, -0.2) is 14.4 Å². The largest absolute Gasteiger partial charge is 0.494 e. The van der Waals surface area contributed by atoms with Crippen LogP contribution in [0.3, 0.4) is 0 Å². The summed E-state index contributed by atoms with van der Waals surface area (Å²) in [4.78, 5) is 22.9. The molecule has 2 aromatic heterocycles. The fourth-order valence-electron chi connectivity index (χ4n) is 1.88. The molecule has 18 heavy (non-hydrogen) atoms. The van der Waals surface area contributed by atoms with Gasteiger partial charge >= 0.3 is 0 Å². The Balaban J connectivity index is 2.57. The van der Waals surface area contributed by atoms with Crippen molar-refractivity contribution in [1.82, 2.24) is 15.0 Å². The van der Waals surface area contributed by atoms with E-state index in [1.54, 1.807) is 6.07 Å². The minimum atomic E-state index is -0.691. The van der Waals surface area contributed by atoms with E-state index in [2.05, 4.69) is 15.0 Å². The Morgan fingerprint density at radius 3 is 2.83 bits per heavy atom. The molecule has 1 N–H and O–H groups in total. The number of nitrogens with zero attached hydrogens (tertiary/aromatic N) is 2. The van der Waals surface area contributed by atoms with Gasteiger partial charge in [0.05, 0.1) is 18.0 Å². The summed E-state index contributed by atoms with van der Waals surface area (Å²) in [5.74, 6) is -0.667. The van der Waals surface area contributed by atoms with Gasteiger partial charge in [0.2, 0.25) is 5.43 Å². The van der Waals surface area contributed by atoms with Crippen LogP contribution in [0.1, 0.15) is 0 Å². The number of hydrogen-bond acceptors (Lipinski definition) is 4. The third kappa shape index (κ3) is 1.35. The van der Waals surface area contributed by atoms with Crippen molar-refractivity contribution in [3.05, 3.63) is 40.6 Å². The minimum absolute atomic E-state index is 0.0243. The first-order valence-electron chi connectivity index (χ1n) is 5.21. The van der Waals surface area contributed by atoms with E-state index in [4.69, 9.17) is 4.74 Å². The summed E-state index contributed by atoms with van der Waals surface area (Å²) in [6, 6.07) is 3.03. The monoisotopic (exact) mass is 245 g/mol. The number of benzene rings is 1. The number of rotatable bonds is 1. The summed E-state index contributed by atoms with van der Waals surface area (Å²) in [7, 11) is 1.35. The van der Waals surface area contributed by atoms with Crippen molar-refractivity contribution in [3.8, 4) is 5.75 Å². The molecule has 2 heterocycles. The Kier molecular flexibility index (Phi) is 2.22. The number of methoxy groups -OCH3 is 1. The number of halogens is 1. The normalized spacial score (nSPS) is 11.0. The zero-order valence-electron chi connectivity index (χ0n) is 9.40. The zero-order chi connectivity index (χ0) is 12.7. The van der Waals surface area contributed by atoms with E-state index in [-0.39, 0.29) is 16.7 Å². The third-order valence-corrected chi connectivity index (χ3v) is 2.72. The van der Waals surface area contributed by atoms with Crippen molar-refractivity contribution in [1.29, 1.82) is 0 Å². The van der Waals surface area contributed by atoms with Crippen LogP contribution >= 0.6 is 0 Å². The number of H-pyrrole nitrogens is 1. The van der Waals surface area contributed by atoms with E-state index in [0.717, 1.165) is 0 Å². The molecule has 0 fully saturated rings. The van der Waals surface area contributed by atoms with Gasteiger partial charge in [0.1, 0.15) is 0 Å². The van der Waals surface area contributed by atoms with Gasteiger partial charge in [-0.1, -0.05) is 0 Å². The molecule has 6 heteroatoms. The Labute approximate surface area is 100 Å². The fourth-order valence-corrected chi connectivity index (χ4v) is 1.88. The van der Waals surface area contributed by atoms with Gasteiger partial charge < -0.3 is 9.72 Å². The number of pyridine rings is 1. The lowest BCUT2D eigenvalue weighted by molar-refractivity contribution is 0.389. The molecule has 3 rings (SSSR count). The van der Waals surface area contributed by atoms with E-state index >= 15 is 0 Å². The molecular weight excluding hydrogens is 237 g/mol. The number of aromatic amines is 1. The van der Waals surface area contributed by atoms with Crippen LogP contribution in [0.5, 0.6) is 5.75 Å². The molecule has 0 unspecified atom stereocenters. The highest BCUT2D eigenvalue weighted by Crippen LogP contribution is 2.23. The van der Waals surface area contributed by atoms with E-state index in [1.807, 2.05) is 0 Å². The number of fused-ring (bicyclic) bond motifs is 2. The van der Waals surface area contributed by atoms with Crippen molar-refractivity contribution in [2.24, 2.45) is 0 Å². The van der Waals surface area contributed by atoms with E-state index in [0.29, 0.717) is 11.2 Å². The first-order valence-corrected chi connectivity index (χ1v) is 5.21. The quantitative estimate of drug-likeness (QED) is 0.661. The topological polar surface area (TPSA) is 67.9 Å². The lowest BCUT2D eigenvalue weighted by Gasteiger charge is -2.05. The van der Waals surface area contributed by atoms with Crippen LogP contribution in [0.25, 0.3) is 22.1 Å². The van der Waals surface area contributed by atoms with Gasteiger partial charge in [-0.15, -0.1) is 0 Å². The maximum atomic E-state index is 14.1. The van der Waals surface area contributed by atoms with E-state index in [9.17, 15) is 9.18 Å². The van der Waals surface area contributed by atoms with Crippen LogP contribution in [0.15, 0.2) is 29.3 Å². The second kappa shape index (κ2) is 3.76. The minimum Gasteiger partial charge on any atom is -0.494 e. The molecule has 0 aliphatic rings. The van der Waals surface area contributed by atoms with Crippen LogP contribution in [0.4, 0.5) is 4.39 Å². The summed E-state index contributed by atoms with van der Waals surface area (Å²) >= 11 is 0. The van der Waals surface area contributed by atoms with Gasteiger partial charge in [0, 0.05) is 12.4 Å². The average molecular weight is 245 g/mol. The van der Waals surface area contributed by atoms with Crippen LogP contribution in [-0.2, 0) is 0 Å². The van der Waals surface area contributed by atoms with Crippen LogP contribution in [0, 0.1) is 5.82 Å². The summed E-state index contributed by atoms with van der Waals surface area (Å²) in [6.45, 7) is 0. The number of nitrogens with one attached hydrogen (secondary N) is 1. The maximum Gasteiger partial charge on any atom is 0.220 e.